The molecule has 0 atom stereocenters. The molecule has 0 aliphatic carbocycles. The first-order valence-electron chi connectivity index (χ1n) is 2.01. The van der Waals surface area contributed by atoms with E-state index in [-0.39, 0.29) is 0 Å². The Morgan fingerprint density at radius 3 is 2.50 bits per heavy atom. The number of hydrogen-bond acceptors (Lipinski definition) is 2. The minimum absolute atomic E-state index is 1.03. The number of hydrogen-bond donors (Lipinski definition) is 1. The van der Waals surface area contributed by atoms with Crippen LogP contribution in [0, 0.1) is 0 Å². The molecule has 0 N–H and O–H groups in total. The molecule has 0 nitrogen and oxygen atoms in total. The van der Waals surface area contributed by atoms with Crippen molar-refractivity contribution >= 4 is 24.4 Å². The van der Waals surface area contributed by atoms with Crippen LogP contribution < -0.4 is 0 Å². The van der Waals surface area contributed by atoms with Gasteiger partial charge in [0.25, 0.3) is 0 Å². The van der Waals surface area contributed by atoms with Gasteiger partial charge in [-0.15, -0.1) is 0 Å². The normalized spacial score (nSPS) is 9.00. The largest absolute Gasteiger partial charge is 0.179 e. The Morgan fingerprint density at radius 1 is 1.67 bits per heavy atom. The van der Waals surface area contributed by atoms with Crippen molar-refractivity contribution in [3.63, 3.8) is 0 Å². The van der Waals surface area contributed by atoms with Crippen molar-refractivity contribution < 1.29 is 0 Å². The zero-order chi connectivity index (χ0) is 4.83. The molecule has 0 radical (unpaired) electrons. The lowest BCUT2D eigenvalue weighted by Gasteiger charge is -1.86. The first kappa shape index (κ1) is 6.70. The van der Waals surface area contributed by atoms with E-state index in [1.807, 2.05) is 11.8 Å². The maximum absolute atomic E-state index is 4.04. The Labute approximate surface area is 49.1 Å². The van der Waals surface area contributed by atoms with Gasteiger partial charge in [-0.05, 0) is 24.2 Å². The molecule has 0 spiro atoms. The molecule has 0 aromatic carbocycles. The summed E-state index contributed by atoms with van der Waals surface area (Å²) in [6.45, 7) is 0. The molecule has 0 aliphatic rings. The number of rotatable bonds is 3. The Bertz CT molecular complexity index is 17.5. The average molecular weight is 122 g/mol. The van der Waals surface area contributed by atoms with Crippen molar-refractivity contribution in [1.82, 2.24) is 0 Å². The summed E-state index contributed by atoms with van der Waals surface area (Å²) in [4.78, 5) is 0. The highest BCUT2D eigenvalue weighted by Crippen LogP contribution is 1.94. The van der Waals surface area contributed by atoms with Gasteiger partial charge in [0.2, 0.25) is 0 Å². The summed E-state index contributed by atoms with van der Waals surface area (Å²) in [6, 6.07) is 0. The van der Waals surface area contributed by atoms with Gasteiger partial charge in [-0.3, -0.25) is 0 Å². The summed E-state index contributed by atoms with van der Waals surface area (Å²) in [5.74, 6) is 2.28. The maximum Gasteiger partial charge on any atom is -0.00626 e. The van der Waals surface area contributed by atoms with Crippen LogP contribution in [0.1, 0.15) is 6.42 Å². The van der Waals surface area contributed by atoms with Gasteiger partial charge in [0, 0.05) is 0 Å². The molecular weight excluding hydrogens is 112 g/mol. The van der Waals surface area contributed by atoms with Crippen LogP contribution in [-0.2, 0) is 0 Å². The summed E-state index contributed by atoms with van der Waals surface area (Å²) in [5.41, 5.74) is 0. The Hall–Kier alpha value is 0.700. The smallest absolute Gasteiger partial charge is 0.00626 e. The molecular formula is C4H10S2. The predicted octanol–water partition coefficient (Wildman–Crippen LogP) is 1.67. The molecule has 0 bridgehead atoms. The molecule has 2 heteroatoms. The van der Waals surface area contributed by atoms with E-state index in [2.05, 4.69) is 18.9 Å². The Kier molecular flexibility index (Phi) is 6.36. The van der Waals surface area contributed by atoms with Crippen LogP contribution in [0.4, 0.5) is 0 Å². The molecule has 0 aromatic rings. The second-order valence-corrected chi connectivity index (χ2v) is 2.50. The Balaban J connectivity index is 2.34. The van der Waals surface area contributed by atoms with Gasteiger partial charge < -0.3 is 0 Å². The minimum Gasteiger partial charge on any atom is -0.179 e. The molecule has 0 aliphatic heterocycles. The summed E-state index contributed by atoms with van der Waals surface area (Å²) in [6.07, 6.45) is 3.35. The average Bonchev–Trinajstić information content (AvgIpc) is 1.61. The maximum atomic E-state index is 4.04. The first-order valence-corrected chi connectivity index (χ1v) is 4.04. The zero-order valence-corrected chi connectivity index (χ0v) is 5.69. The van der Waals surface area contributed by atoms with E-state index in [1.165, 1.54) is 12.2 Å². The molecule has 0 saturated heterocycles. The van der Waals surface area contributed by atoms with E-state index < -0.39 is 0 Å². The van der Waals surface area contributed by atoms with E-state index >= 15 is 0 Å². The summed E-state index contributed by atoms with van der Waals surface area (Å²) in [5, 5.41) is 0. The van der Waals surface area contributed by atoms with E-state index in [0.29, 0.717) is 0 Å². The standard InChI is InChI=1S/C4H10S2/c1-6-4-2-3-5/h5H,2-4H2,1H3. The van der Waals surface area contributed by atoms with Crippen molar-refractivity contribution in [2.24, 2.45) is 0 Å². The Morgan fingerprint density at radius 2 is 2.33 bits per heavy atom. The predicted molar refractivity (Wildman–Crippen MR) is 36.9 cm³/mol. The molecule has 0 rings (SSSR count). The molecule has 38 valence electrons. The number of thiol groups is 1. The van der Waals surface area contributed by atoms with Gasteiger partial charge in [0.15, 0.2) is 0 Å². The fourth-order valence-corrected chi connectivity index (χ4v) is 1.01. The zero-order valence-electron chi connectivity index (χ0n) is 3.98. The van der Waals surface area contributed by atoms with Crippen LogP contribution in [0.5, 0.6) is 0 Å². The van der Waals surface area contributed by atoms with Gasteiger partial charge in [-0.1, -0.05) is 0 Å². The molecule has 0 saturated carbocycles. The highest BCUT2D eigenvalue weighted by molar-refractivity contribution is 7.98. The van der Waals surface area contributed by atoms with E-state index in [1.54, 1.807) is 0 Å². The monoisotopic (exact) mass is 122 g/mol. The van der Waals surface area contributed by atoms with Crippen molar-refractivity contribution in [2.45, 2.75) is 6.42 Å². The van der Waals surface area contributed by atoms with E-state index in [4.69, 9.17) is 0 Å². The lowest BCUT2D eigenvalue weighted by Crippen LogP contribution is -1.75. The lowest BCUT2D eigenvalue weighted by atomic mass is 10.6. The number of thioether (sulfide) groups is 1. The fourth-order valence-electron chi connectivity index (χ4n) is 0.209. The van der Waals surface area contributed by atoms with Crippen LogP contribution in [0.2, 0.25) is 0 Å². The molecule has 0 unspecified atom stereocenters. The summed E-state index contributed by atoms with van der Waals surface area (Å²) < 4.78 is 0. The minimum atomic E-state index is 1.03. The van der Waals surface area contributed by atoms with Crippen molar-refractivity contribution in [2.75, 3.05) is 17.8 Å². The highest BCUT2D eigenvalue weighted by Gasteiger charge is 1.75. The second-order valence-electron chi connectivity index (χ2n) is 1.07. The first-order chi connectivity index (χ1) is 2.91. The second kappa shape index (κ2) is 5.70. The van der Waals surface area contributed by atoms with Crippen LogP contribution in [-0.4, -0.2) is 17.8 Å². The van der Waals surface area contributed by atoms with Gasteiger partial charge >= 0.3 is 0 Å². The summed E-state index contributed by atoms with van der Waals surface area (Å²) >= 11 is 5.92. The molecule has 0 amide bonds. The SMILES string of the molecule is CSCCCS. The van der Waals surface area contributed by atoms with Crippen LogP contribution in [0.15, 0.2) is 0 Å². The van der Waals surface area contributed by atoms with Gasteiger partial charge in [0.1, 0.15) is 0 Å². The van der Waals surface area contributed by atoms with Crippen molar-refractivity contribution in [1.29, 1.82) is 0 Å². The topological polar surface area (TPSA) is 0 Å². The third-order valence-electron chi connectivity index (χ3n) is 0.507. The molecule has 0 aromatic heterocycles. The van der Waals surface area contributed by atoms with Gasteiger partial charge in [-0.25, -0.2) is 0 Å². The van der Waals surface area contributed by atoms with Crippen LogP contribution in [0.3, 0.4) is 0 Å². The van der Waals surface area contributed by atoms with Gasteiger partial charge in [-0.2, -0.15) is 24.4 Å². The molecule has 0 fully saturated rings. The van der Waals surface area contributed by atoms with Crippen LogP contribution in [0.25, 0.3) is 0 Å². The molecule has 0 heterocycles. The highest BCUT2D eigenvalue weighted by atomic mass is 32.2. The van der Waals surface area contributed by atoms with Crippen LogP contribution >= 0.6 is 24.4 Å². The van der Waals surface area contributed by atoms with E-state index in [0.717, 1.165) is 5.75 Å². The van der Waals surface area contributed by atoms with Gasteiger partial charge in [0.05, 0.1) is 0 Å². The fraction of sp³-hybridized carbons (Fsp3) is 1.00. The third kappa shape index (κ3) is 4.70. The molecule has 6 heavy (non-hydrogen) atoms. The summed E-state index contributed by atoms with van der Waals surface area (Å²) in [7, 11) is 0. The third-order valence-corrected chi connectivity index (χ3v) is 1.52. The van der Waals surface area contributed by atoms with Crippen molar-refractivity contribution in [3.05, 3.63) is 0 Å². The van der Waals surface area contributed by atoms with Crippen molar-refractivity contribution in [3.8, 4) is 0 Å². The quantitative estimate of drug-likeness (QED) is 0.439. The van der Waals surface area contributed by atoms with E-state index in [9.17, 15) is 0 Å². The lowest BCUT2D eigenvalue weighted by molar-refractivity contribution is 1.13.